The van der Waals surface area contributed by atoms with Crippen molar-refractivity contribution in [1.29, 1.82) is 0 Å². The topological polar surface area (TPSA) is 97.1 Å². The Hall–Kier alpha value is -2.85. The van der Waals surface area contributed by atoms with Crippen LogP contribution in [0.1, 0.15) is 18.7 Å². The normalized spacial score (nSPS) is 10.1. The predicted molar refractivity (Wildman–Crippen MR) is 92.5 cm³/mol. The Morgan fingerprint density at radius 3 is 2.68 bits per heavy atom. The molecular weight excluding hydrogens is 344 g/mol. The molecule has 0 aliphatic heterocycles. The minimum absolute atomic E-state index is 0.0955. The van der Waals surface area contributed by atoms with Gasteiger partial charge in [0.2, 0.25) is 23.5 Å². The van der Waals surface area contributed by atoms with Gasteiger partial charge < -0.3 is 15.2 Å². The van der Waals surface area contributed by atoms with Gasteiger partial charge in [0.1, 0.15) is 0 Å². The minimum atomic E-state index is -0.323. The Labute approximate surface area is 150 Å². The Morgan fingerprint density at radius 1 is 1.20 bits per heavy atom. The predicted octanol–water partition coefficient (Wildman–Crippen LogP) is 1.58. The fraction of sp³-hybridized carbons (Fsp3) is 0.294. The number of hydrogen-bond donors (Lipinski definition) is 2. The zero-order valence-electron chi connectivity index (χ0n) is 13.4. The summed E-state index contributed by atoms with van der Waals surface area (Å²) in [5, 5.41) is 9.51. The summed E-state index contributed by atoms with van der Waals surface area (Å²) in [5.41, 5.74) is 0.801. The van der Waals surface area contributed by atoms with Crippen molar-refractivity contribution in [1.82, 2.24) is 20.8 Å². The van der Waals surface area contributed by atoms with Crippen LogP contribution < -0.4 is 10.6 Å². The molecule has 0 saturated heterocycles. The van der Waals surface area contributed by atoms with Gasteiger partial charge in [-0.2, -0.15) is 4.98 Å². The molecule has 2 rings (SSSR count). The van der Waals surface area contributed by atoms with E-state index in [2.05, 4.69) is 26.7 Å². The average Bonchev–Trinajstić information content (AvgIpc) is 3.07. The third kappa shape index (κ3) is 6.28. The molecule has 25 heavy (non-hydrogen) atoms. The summed E-state index contributed by atoms with van der Waals surface area (Å²) in [5.74, 6) is 2.65. The van der Waals surface area contributed by atoms with E-state index in [-0.39, 0.29) is 31.3 Å². The quantitative estimate of drug-likeness (QED) is 0.696. The molecule has 2 aromatic rings. The van der Waals surface area contributed by atoms with E-state index < -0.39 is 0 Å². The second-order valence-corrected chi connectivity index (χ2v) is 5.57. The lowest BCUT2D eigenvalue weighted by Crippen LogP contribution is -2.36. The molecule has 0 fully saturated rings. The number of nitrogens with one attached hydrogen (secondary N) is 2. The summed E-state index contributed by atoms with van der Waals surface area (Å²) in [7, 11) is 0. The Bertz CT molecular complexity index is 765. The van der Waals surface area contributed by atoms with Crippen molar-refractivity contribution >= 4 is 23.4 Å². The van der Waals surface area contributed by atoms with E-state index in [1.54, 1.807) is 24.3 Å². The number of amides is 2. The summed E-state index contributed by atoms with van der Waals surface area (Å²) in [4.78, 5) is 27.2. The Morgan fingerprint density at radius 2 is 1.96 bits per heavy atom. The summed E-state index contributed by atoms with van der Waals surface area (Å²) < 4.78 is 5.16. The first kappa shape index (κ1) is 18.5. The van der Waals surface area contributed by atoms with Gasteiger partial charge in [-0.25, -0.2) is 0 Å². The molecule has 1 aromatic carbocycles. The number of rotatable bonds is 8. The summed E-state index contributed by atoms with van der Waals surface area (Å²) in [6.45, 7) is 0.0452. The first-order chi connectivity index (χ1) is 12.1. The fourth-order valence-corrected chi connectivity index (χ4v) is 2.08. The molecule has 0 saturated carbocycles. The van der Waals surface area contributed by atoms with Crippen molar-refractivity contribution in [3.05, 3.63) is 35.2 Å². The third-order valence-corrected chi connectivity index (χ3v) is 3.45. The lowest BCUT2D eigenvalue weighted by atomic mass is 10.2. The minimum Gasteiger partial charge on any atom is -0.347 e. The van der Waals surface area contributed by atoms with Crippen LogP contribution >= 0.6 is 11.6 Å². The van der Waals surface area contributed by atoms with E-state index in [4.69, 9.17) is 22.5 Å². The zero-order valence-corrected chi connectivity index (χ0v) is 14.2. The van der Waals surface area contributed by atoms with Crippen LogP contribution in [0.15, 0.2) is 28.8 Å². The monoisotopic (exact) mass is 360 g/mol. The van der Waals surface area contributed by atoms with Crippen LogP contribution in [0.25, 0.3) is 11.4 Å². The molecule has 0 atom stereocenters. The lowest BCUT2D eigenvalue weighted by molar-refractivity contribution is -0.126. The van der Waals surface area contributed by atoms with Crippen molar-refractivity contribution < 1.29 is 14.1 Å². The van der Waals surface area contributed by atoms with Crippen LogP contribution in [0.2, 0.25) is 5.02 Å². The van der Waals surface area contributed by atoms with Crippen molar-refractivity contribution in [3.63, 3.8) is 0 Å². The Kier molecular flexibility index (Phi) is 6.99. The maximum Gasteiger partial charge on any atom is 0.240 e. The van der Waals surface area contributed by atoms with E-state index in [1.165, 1.54) is 0 Å². The van der Waals surface area contributed by atoms with Crippen LogP contribution in [-0.2, 0) is 16.0 Å². The van der Waals surface area contributed by atoms with Gasteiger partial charge in [-0.1, -0.05) is 22.7 Å². The second kappa shape index (κ2) is 9.45. The molecule has 2 N–H and O–H groups in total. The van der Waals surface area contributed by atoms with E-state index in [1.807, 2.05) is 0 Å². The molecule has 1 heterocycles. The highest BCUT2D eigenvalue weighted by molar-refractivity contribution is 6.30. The van der Waals surface area contributed by atoms with Gasteiger partial charge in [-0.3, -0.25) is 9.59 Å². The number of carbonyl (C=O) groups is 2. The van der Waals surface area contributed by atoms with Gasteiger partial charge in [-0.15, -0.1) is 6.42 Å². The second-order valence-electron chi connectivity index (χ2n) is 5.13. The van der Waals surface area contributed by atoms with Crippen LogP contribution in [0.3, 0.4) is 0 Å². The summed E-state index contributed by atoms with van der Waals surface area (Å²) in [6, 6.07) is 7.10. The van der Waals surface area contributed by atoms with Gasteiger partial charge >= 0.3 is 0 Å². The van der Waals surface area contributed by atoms with E-state index in [9.17, 15) is 9.59 Å². The van der Waals surface area contributed by atoms with Gasteiger partial charge in [-0.05, 0) is 30.7 Å². The maximum absolute atomic E-state index is 11.7. The highest BCUT2D eigenvalue weighted by atomic mass is 35.5. The number of benzene rings is 1. The molecule has 0 radical (unpaired) electrons. The molecule has 8 heteroatoms. The van der Waals surface area contributed by atoms with E-state index in [0.717, 1.165) is 5.56 Å². The zero-order chi connectivity index (χ0) is 18.1. The number of halogens is 1. The van der Waals surface area contributed by atoms with E-state index >= 15 is 0 Å². The molecular formula is C17H17ClN4O3. The first-order valence-electron chi connectivity index (χ1n) is 7.64. The van der Waals surface area contributed by atoms with Crippen molar-refractivity contribution in [2.24, 2.45) is 0 Å². The third-order valence-electron chi connectivity index (χ3n) is 3.20. The molecule has 0 unspecified atom stereocenters. The van der Waals surface area contributed by atoms with Crippen LogP contribution in [0.4, 0.5) is 0 Å². The van der Waals surface area contributed by atoms with Crippen LogP contribution in [0, 0.1) is 12.3 Å². The number of hydrogen-bond acceptors (Lipinski definition) is 5. The highest BCUT2D eigenvalue weighted by Crippen LogP contribution is 2.19. The van der Waals surface area contributed by atoms with Gasteiger partial charge in [0.25, 0.3) is 0 Å². The highest BCUT2D eigenvalue weighted by Gasteiger charge is 2.10. The van der Waals surface area contributed by atoms with Crippen molar-refractivity contribution in [2.45, 2.75) is 19.3 Å². The van der Waals surface area contributed by atoms with Gasteiger partial charge in [0.15, 0.2) is 0 Å². The number of aryl methyl sites for hydroxylation is 1. The number of terminal acetylenes is 1. The molecule has 1 aromatic heterocycles. The van der Waals surface area contributed by atoms with Crippen molar-refractivity contribution in [3.8, 4) is 23.7 Å². The molecule has 130 valence electrons. The van der Waals surface area contributed by atoms with Crippen LogP contribution in [-0.4, -0.2) is 35.0 Å². The summed E-state index contributed by atoms with van der Waals surface area (Å²) >= 11 is 5.84. The van der Waals surface area contributed by atoms with Gasteiger partial charge in [0, 0.05) is 23.4 Å². The number of nitrogens with zero attached hydrogens (tertiary/aromatic N) is 2. The molecule has 0 aliphatic rings. The first-order valence-corrected chi connectivity index (χ1v) is 8.01. The molecule has 2 amide bonds. The van der Waals surface area contributed by atoms with Crippen LogP contribution in [0.5, 0.6) is 0 Å². The SMILES string of the molecule is C#CCNC(=O)CNC(=O)CCCc1nc(-c2ccc(Cl)cc2)no1. The number of carbonyl (C=O) groups excluding carboxylic acids is 2. The smallest absolute Gasteiger partial charge is 0.240 e. The molecule has 0 bridgehead atoms. The van der Waals surface area contributed by atoms with Gasteiger partial charge in [0.05, 0.1) is 13.1 Å². The largest absolute Gasteiger partial charge is 0.347 e. The summed E-state index contributed by atoms with van der Waals surface area (Å²) in [6.07, 6.45) is 6.27. The van der Waals surface area contributed by atoms with E-state index in [0.29, 0.717) is 29.6 Å². The Balaban J connectivity index is 1.71. The average molecular weight is 361 g/mol. The lowest BCUT2D eigenvalue weighted by Gasteiger charge is -2.04. The van der Waals surface area contributed by atoms with Crippen molar-refractivity contribution in [2.75, 3.05) is 13.1 Å². The maximum atomic E-state index is 11.7. The fourth-order valence-electron chi connectivity index (χ4n) is 1.95. The molecule has 0 aliphatic carbocycles. The number of aromatic nitrogens is 2. The standard InChI is InChI=1S/C17H17ClN4O3/c1-2-10-19-15(24)11-20-14(23)4-3-5-16-21-17(22-25-16)12-6-8-13(18)9-7-12/h1,6-9H,3-5,10-11H2,(H,19,24)(H,20,23). The molecule has 7 nitrogen and oxygen atoms in total. The molecule has 0 spiro atoms.